The van der Waals surface area contributed by atoms with Crippen LogP contribution in [-0.4, -0.2) is 58.3 Å². The Morgan fingerprint density at radius 3 is 2.46 bits per heavy atom. The molecule has 0 atom stereocenters. The Balaban J connectivity index is 1.73. The van der Waals surface area contributed by atoms with E-state index >= 15 is 0 Å². The first-order valence-corrected chi connectivity index (χ1v) is 9.35. The summed E-state index contributed by atoms with van der Waals surface area (Å²) in [4.78, 5) is 17.1. The van der Waals surface area contributed by atoms with Crippen LogP contribution >= 0.6 is 0 Å². The molecule has 1 fully saturated rings. The maximum absolute atomic E-state index is 12.5. The minimum atomic E-state index is -0.188. The summed E-state index contributed by atoms with van der Waals surface area (Å²) in [5, 5.41) is 3.00. The predicted molar refractivity (Wildman–Crippen MR) is 113 cm³/mol. The second-order valence-electron chi connectivity index (χ2n) is 6.71. The van der Waals surface area contributed by atoms with Gasteiger partial charge in [-0.05, 0) is 31.3 Å². The summed E-state index contributed by atoms with van der Waals surface area (Å²) in [5.41, 5.74) is 2.65. The second-order valence-corrected chi connectivity index (χ2v) is 6.71. The number of nitrogens with zero attached hydrogens (tertiary/aromatic N) is 2. The van der Waals surface area contributed by atoms with E-state index in [0.717, 1.165) is 43.1 Å². The molecule has 1 N–H and O–H groups in total. The van der Waals surface area contributed by atoms with Crippen LogP contribution in [0.15, 0.2) is 48.5 Å². The standard InChI is InChI=1S/C22H27N3O3/c1-24-13-15-25(16-14-24)19-9-5-4-8-18(19)23-21(26)12-11-17-7-6-10-20(27-2)22(17)28-3/h4-12H,13-16H2,1-3H3,(H,23,26)/b12-11+. The molecule has 0 spiro atoms. The van der Waals surface area contributed by atoms with Crippen molar-refractivity contribution in [2.45, 2.75) is 0 Å². The van der Waals surface area contributed by atoms with Crippen molar-refractivity contribution in [2.75, 3.05) is 57.7 Å². The van der Waals surface area contributed by atoms with Crippen LogP contribution in [0.25, 0.3) is 6.08 Å². The first-order chi connectivity index (χ1) is 13.6. The molecule has 0 aliphatic carbocycles. The monoisotopic (exact) mass is 381 g/mol. The summed E-state index contributed by atoms with van der Waals surface area (Å²) < 4.78 is 10.7. The summed E-state index contributed by atoms with van der Waals surface area (Å²) >= 11 is 0. The largest absolute Gasteiger partial charge is 0.493 e. The van der Waals surface area contributed by atoms with Gasteiger partial charge in [0, 0.05) is 37.8 Å². The molecular formula is C22H27N3O3. The molecule has 1 heterocycles. The Morgan fingerprint density at radius 1 is 1.00 bits per heavy atom. The van der Waals surface area contributed by atoms with Gasteiger partial charge in [-0.25, -0.2) is 0 Å². The molecule has 0 saturated carbocycles. The first kappa shape index (κ1) is 19.8. The zero-order chi connectivity index (χ0) is 19.9. The Labute approximate surface area is 166 Å². The molecule has 1 saturated heterocycles. The maximum Gasteiger partial charge on any atom is 0.248 e. The van der Waals surface area contributed by atoms with E-state index in [1.54, 1.807) is 20.3 Å². The molecule has 6 nitrogen and oxygen atoms in total. The number of anilines is 2. The zero-order valence-electron chi connectivity index (χ0n) is 16.6. The van der Waals surface area contributed by atoms with Gasteiger partial charge in [-0.3, -0.25) is 4.79 Å². The van der Waals surface area contributed by atoms with Gasteiger partial charge in [0.05, 0.1) is 25.6 Å². The van der Waals surface area contributed by atoms with Crippen molar-refractivity contribution in [1.82, 2.24) is 4.90 Å². The highest BCUT2D eigenvalue weighted by atomic mass is 16.5. The molecule has 0 bridgehead atoms. The fourth-order valence-corrected chi connectivity index (χ4v) is 3.29. The van der Waals surface area contributed by atoms with Gasteiger partial charge >= 0.3 is 0 Å². The number of nitrogens with one attached hydrogen (secondary N) is 1. The third-order valence-electron chi connectivity index (χ3n) is 4.85. The summed E-state index contributed by atoms with van der Waals surface area (Å²) in [7, 11) is 5.30. The summed E-state index contributed by atoms with van der Waals surface area (Å²) in [6.07, 6.45) is 3.24. The topological polar surface area (TPSA) is 54.0 Å². The average molecular weight is 381 g/mol. The van der Waals surface area contributed by atoms with Crippen LogP contribution in [0.1, 0.15) is 5.56 Å². The van der Waals surface area contributed by atoms with E-state index in [9.17, 15) is 4.79 Å². The van der Waals surface area contributed by atoms with Gasteiger partial charge in [0.15, 0.2) is 11.5 Å². The van der Waals surface area contributed by atoms with Crippen molar-refractivity contribution in [3.8, 4) is 11.5 Å². The Kier molecular flexibility index (Phi) is 6.55. The molecule has 2 aromatic carbocycles. The Morgan fingerprint density at radius 2 is 1.75 bits per heavy atom. The fraction of sp³-hybridized carbons (Fsp3) is 0.318. The van der Waals surface area contributed by atoms with Crippen LogP contribution in [0.3, 0.4) is 0 Å². The number of piperazine rings is 1. The summed E-state index contributed by atoms with van der Waals surface area (Å²) in [6, 6.07) is 13.5. The molecule has 1 aliphatic heterocycles. The van der Waals surface area contributed by atoms with E-state index in [0.29, 0.717) is 11.5 Å². The highest BCUT2D eigenvalue weighted by Crippen LogP contribution is 2.31. The Bertz CT molecular complexity index is 843. The molecular weight excluding hydrogens is 354 g/mol. The van der Waals surface area contributed by atoms with E-state index in [4.69, 9.17) is 9.47 Å². The molecule has 3 rings (SSSR count). The van der Waals surface area contributed by atoms with Crippen LogP contribution in [0.5, 0.6) is 11.5 Å². The van der Waals surface area contributed by atoms with Gasteiger partial charge < -0.3 is 24.6 Å². The van der Waals surface area contributed by atoms with Crippen LogP contribution in [0.2, 0.25) is 0 Å². The molecule has 1 aliphatic rings. The maximum atomic E-state index is 12.5. The van der Waals surface area contributed by atoms with Crippen LogP contribution < -0.4 is 19.7 Å². The molecule has 2 aromatic rings. The number of ether oxygens (including phenoxy) is 2. The number of carbonyl (C=O) groups is 1. The number of amides is 1. The molecule has 0 unspecified atom stereocenters. The quantitative estimate of drug-likeness (QED) is 0.780. The number of rotatable bonds is 6. The molecule has 148 valence electrons. The van der Waals surface area contributed by atoms with Gasteiger partial charge in [0.2, 0.25) is 5.91 Å². The summed E-state index contributed by atoms with van der Waals surface area (Å²) in [6.45, 7) is 3.91. The number of methoxy groups -OCH3 is 2. The summed E-state index contributed by atoms with van der Waals surface area (Å²) in [5.74, 6) is 1.05. The molecule has 0 radical (unpaired) electrons. The molecule has 1 amide bonds. The van der Waals surface area contributed by atoms with Crippen molar-refractivity contribution in [2.24, 2.45) is 0 Å². The smallest absolute Gasteiger partial charge is 0.248 e. The normalized spacial score (nSPS) is 14.9. The Hall–Kier alpha value is -2.99. The minimum absolute atomic E-state index is 0.188. The van der Waals surface area contributed by atoms with Gasteiger partial charge in [0.1, 0.15) is 0 Å². The minimum Gasteiger partial charge on any atom is -0.493 e. The highest BCUT2D eigenvalue weighted by molar-refractivity contribution is 6.04. The second kappa shape index (κ2) is 9.28. The van der Waals surface area contributed by atoms with Crippen molar-refractivity contribution in [3.63, 3.8) is 0 Å². The lowest BCUT2D eigenvalue weighted by molar-refractivity contribution is -0.111. The number of para-hydroxylation sites is 3. The van der Waals surface area contributed by atoms with Crippen molar-refractivity contribution >= 4 is 23.4 Å². The highest BCUT2D eigenvalue weighted by Gasteiger charge is 2.17. The predicted octanol–water partition coefficient (Wildman–Crippen LogP) is 3.11. The average Bonchev–Trinajstić information content (AvgIpc) is 2.73. The van der Waals surface area contributed by atoms with Crippen LogP contribution in [-0.2, 0) is 4.79 Å². The van der Waals surface area contributed by atoms with Crippen molar-refractivity contribution in [1.29, 1.82) is 0 Å². The van der Waals surface area contributed by atoms with Gasteiger partial charge in [0.25, 0.3) is 0 Å². The number of hydrogen-bond acceptors (Lipinski definition) is 5. The number of likely N-dealkylation sites (N-methyl/N-ethyl adjacent to an activating group) is 1. The SMILES string of the molecule is COc1cccc(/C=C/C(=O)Nc2ccccc2N2CCN(C)CC2)c1OC. The van der Waals surface area contributed by atoms with E-state index < -0.39 is 0 Å². The van der Waals surface area contributed by atoms with Crippen LogP contribution in [0, 0.1) is 0 Å². The van der Waals surface area contributed by atoms with E-state index in [2.05, 4.69) is 28.2 Å². The molecule has 6 heteroatoms. The molecule has 28 heavy (non-hydrogen) atoms. The zero-order valence-corrected chi connectivity index (χ0v) is 16.6. The van der Waals surface area contributed by atoms with Gasteiger partial charge in [-0.2, -0.15) is 0 Å². The first-order valence-electron chi connectivity index (χ1n) is 9.35. The van der Waals surface area contributed by atoms with E-state index in [1.165, 1.54) is 6.08 Å². The number of hydrogen-bond donors (Lipinski definition) is 1. The van der Waals surface area contributed by atoms with Gasteiger partial charge in [-0.1, -0.05) is 24.3 Å². The lowest BCUT2D eigenvalue weighted by Crippen LogP contribution is -2.44. The van der Waals surface area contributed by atoms with Crippen molar-refractivity contribution < 1.29 is 14.3 Å². The van der Waals surface area contributed by atoms with Crippen molar-refractivity contribution in [3.05, 3.63) is 54.1 Å². The lowest BCUT2D eigenvalue weighted by Gasteiger charge is -2.35. The third kappa shape index (κ3) is 4.64. The van der Waals surface area contributed by atoms with E-state index in [-0.39, 0.29) is 5.91 Å². The molecule has 0 aromatic heterocycles. The number of benzene rings is 2. The number of carbonyl (C=O) groups excluding carboxylic acids is 1. The fourth-order valence-electron chi connectivity index (χ4n) is 3.29. The third-order valence-corrected chi connectivity index (χ3v) is 4.85. The lowest BCUT2D eigenvalue weighted by atomic mass is 10.1. The van der Waals surface area contributed by atoms with Gasteiger partial charge in [-0.15, -0.1) is 0 Å². The van der Waals surface area contributed by atoms with E-state index in [1.807, 2.05) is 36.4 Å². The van der Waals surface area contributed by atoms with Crippen LogP contribution in [0.4, 0.5) is 11.4 Å².